The number of carbonyl (C=O) groups is 1. The van der Waals surface area contributed by atoms with Crippen molar-refractivity contribution < 1.29 is 38.3 Å². The largest absolute Gasteiger partial charge is 0.497 e. The van der Waals surface area contributed by atoms with Crippen LogP contribution in [0.3, 0.4) is 0 Å². The number of nitrogens with zero attached hydrogens (tertiary/aromatic N) is 1. The lowest BCUT2D eigenvalue weighted by Crippen LogP contribution is -2.41. The lowest BCUT2D eigenvalue weighted by atomic mass is 9.81. The fourth-order valence-electron chi connectivity index (χ4n) is 5.46. The molecule has 0 fully saturated rings. The highest BCUT2D eigenvalue weighted by Crippen LogP contribution is 2.55. The van der Waals surface area contributed by atoms with E-state index in [4.69, 9.17) is 28.4 Å². The van der Waals surface area contributed by atoms with E-state index < -0.39 is 12.4 Å². The highest BCUT2D eigenvalue weighted by molar-refractivity contribution is 5.87. The molecular formula is C23H27NO8. The number of fused-ring (bicyclic) bond motifs is 2. The zero-order chi connectivity index (χ0) is 22.6. The van der Waals surface area contributed by atoms with E-state index in [1.54, 1.807) is 21.3 Å². The first kappa shape index (κ1) is 21.1. The van der Waals surface area contributed by atoms with Crippen LogP contribution in [0.2, 0.25) is 0 Å². The number of ether oxygens (including phenoxy) is 6. The van der Waals surface area contributed by atoms with E-state index in [0.29, 0.717) is 65.7 Å². The highest BCUT2D eigenvalue weighted by atomic mass is 16.7. The molecular weight excluding hydrogens is 418 g/mol. The van der Waals surface area contributed by atoms with Crippen molar-refractivity contribution in [3.63, 3.8) is 0 Å². The standard InChI is InChI=1S/C23H27NO8/c1-24-8-7-11-13(9-25)19-22(31-10-30-19)21(29-4)15(11)17(24)18-12-5-6-14(27-2)20(28-3)16(12)23(26)32-18/h9,17-18,23,26H,5-8,10H2,1-4H3. The molecule has 0 aromatic heterocycles. The lowest BCUT2D eigenvalue weighted by molar-refractivity contribution is -0.104. The van der Waals surface area contributed by atoms with Crippen molar-refractivity contribution >= 4 is 6.29 Å². The summed E-state index contributed by atoms with van der Waals surface area (Å²) < 4.78 is 34.3. The summed E-state index contributed by atoms with van der Waals surface area (Å²) in [6.07, 6.45) is 1.19. The summed E-state index contributed by atoms with van der Waals surface area (Å²) in [6.45, 7) is 0.738. The minimum absolute atomic E-state index is 0.0334. The van der Waals surface area contributed by atoms with Gasteiger partial charge in [-0.3, -0.25) is 9.69 Å². The molecule has 3 aliphatic heterocycles. The Kier molecular flexibility index (Phi) is 5.27. The molecule has 0 bridgehead atoms. The number of hydrogen-bond donors (Lipinski definition) is 1. The summed E-state index contributed by atoms with van der Waals surface area (Å²) in [5, 5.41) is 10.9. The second-order valence-electron chi connectivity index (χ2n) is 8.21. The quantitative estimate of drug-likeness (QED) is 0.684. The first-order valence-electron chi connectivity index (χ1n) is 10.6. The van der Waals surface area contributed by atoms with E-state index in [1.165, 1.54) is 0 Å². The monoisotopic (exact) mass is 445 g/mol. The van der Waals surface area contributed by atoms with Crippen molar-refractivity contribution in [2.75, 3.05) is 41.7 Å². The minimum atomic E-state index is -1.14. The van der Waals surface area contributed by atoms with E-state index in [2.05, 4.69) is 4.90 Å². The normalized spacial score (nSPS) is 26.7. The van der Waals surface area contributed by atoms with Crippen LogP contribution in [0.5, 0.6) is 17.2 Å². The molecule has 1 aromatic carbocycles. The van der Waals surface area contributed by atoms with Gasteiger partial charge in [0.05, 0.1) is 38.5 Å². The predicted octanol–water partition coefficient (Wildman–Crippen LogP) is 2.08. The number of methoxy groups -OCH3 is 3. The topological polar surface area (TPSA) is 95.9 Å². The molecule has 0 spiro atoms. The Morgan fingerprint density at radius 2 is 1.84 bits per heavy atom. The van der Waals surface area contributed by atoms with Gasteiger partial charge in [-0.05, 0) is 31.0 Å². The lowest BCUT2D eigenvalue weighted by Gasteiger charge is -2.40. The van der Waals surface area contributed by atoms with Crippen LogP contribution in [0.4, 0.5) is 0 Å². The van der Waals surface area contributed by atoms with Crippen LogP contribution in [0.15, 0.2) is 22.7 Å². The van der Waals surface area contributed by atoms with Gasteiger partial charge in [-0.15, -0.1) is 0 Å². The summed E-state index contributed by atoms with van der Waals surface area (Å²) in [6, 6.07) is -0.300. The van der Waals surface area contributed by atoms with Gasteiger partial charge in [0.15, 0.2) is 29.8 Å². The highest BCUT2D eigenvalue weighted by Gasteiger charge is 2.48. The third-order valence-electron chi connectivity index (χ3n) is 6.83. The number of likely N-dealkylation sites (N-methyl/N-ethyl adjacent to an activating group) is 1. The number of carbonyl (C=O) groups excluding carboxylic acids is 1. The van der Waals surface area contributed by atoms with Crippen molar-refractivity contribution in [3.05, 3.63) is 39.4 Å². The van der Waals surface area contributed by atoms with E-state index in [-0.39, 0.29) is 12.8 Å². The molecule has 3 atom stereocenters. The van der Waals surface area contributed by atoms with E-state index >= 15 is 0 Å². The third-order valence-corrected chi connectivity index (χ3v) is 6.83. The van der Waals surface area contributed by atoms with E-state index in [1.807, 2.05) is 7.05 Å². The van der Waals surface area contributed by atoms with Gasteiger partial charge in [-0.25, -0.2) is 0 Å². The Labute approximate surface area is 186 Å². The molecule has 5 rings (SSSR count). The Balaban J connectivity index is 1.70. The molecule has 4 aliphatic rings. The van der Waals surface area contributed by atoms with Crippen LogP contribution in [-0.2, 0) is 20.6 Å². The maximum atomic E-state index is 12.1. The predicted molar refractivity (Wildman–Crippen MR) is 112 cm³/mol. The molecule has 0 radical (unpaired) electrons. The van der Waals surface area contributed by atoms with Crippen molar-refractivity contribution in [1.29, 1.82) is 0 Å². The van der Waals surface area contributed by atoms with Gasteiger partial charge >= 0.3 is 0 Å². The Morgan fingerprint density at radius 1 is 1.06 bits per heavy atom. The molecule has 1 N–H and O–H groups in total. The van der Waals surface area contributed by atoms with Crippen LogP contribution >= 0.6 is 0 Å². The van der Waals surface area contributed by atoms with Gasteiger partial charge in [0, 0.05) is 18.5 Å². The SMILES string of the molecule is COC1=C(OC)C2=C(CC1)C(C1c3c(c(C=O)c4c(c3OC)OCO4)CCN1C)OC2O. The smallest absolute Gasteiger partial charge is 0.231 e. The van der Waals surface area contributed by atoms with Gasteiger partial charge in [0.1, 0.15) is 11.9 Å². The van der Waals surface area contributed by atoms with Gasteiger partial charge < -0.3 is 33.5 Å². The molecule has 0 saturated heterocycles. The fourth-order valence-corrected chi connectivity index (χ4v) is 5.46. The number of aliphatic hydroxyl groups excluding tert-OH is 1. The van der Waals surface area contributed by atoms with Crippen LogP contribution in [-0.4, -0.2) is 70.4 Å². The van der Waals surface area contributed by atoms with Crippen molar-refractivity contribution in [2.45, 2.75) is 37.7 Å². The molecule has 0 saturated carbocycles. The summed E-state index contributed by atoms with van der Waals surface area (Å²) in [5.74, 6) is 2.62. The second kappa shape index (κ2) is 7.99. The molecule has 3 unspecified atom stereocenters. The molecule has 1 aromatic rings. The van der Waals surface area contributed by atoms with Crippen LogP contribution in [0.1, 0.15) is 40.4 Å². The summed E-state index contributed by atoms with van der Waals surface area (Å²) >= 11 is 0. The van der Waals surface area contributed by atoms with E-state index in [0.717, 1.165) is 23.0 Å². The maximum Gasteiger partial charge on any atom is 0.231 e. The van der Waals surface area contributed by atoms with E-state index in [9.17, 15) is 9.90 Å². The van der Waals surface area contributed by atoms with Crippen molar-refractivity contribution in [2.24, 2.45) is 0 Å². The van der Waals surface area contributed by atoms with Gasteiger partial charge in [-0.2, -0.15) is 0 Å². The maximum absolute atomic E-state index is 12.1. The van der Waals surface area contributed by atoms with Crippen LogP contribution in [0.25, 0.3) is 0 Å². The fraction of sp³-hybridized carbons (Fsp3) is 0.522. The Hall–Kier alpha value is -2.75. The summed E-state index contributed by atoms with van der Waals surface area (Å²) in [4.78, 5) is 14.2. The molecule has 172 valence electrons. The molecule has 0 amide bonds. The first-order chi connectivity index (χ1) is 15.5. The zero-order valence-electron chi connectivity index (χ0n) is 18.6. The number of aldehydes is 1. The van der Waals surface area contributed by atoms with Crippen LogP contribution < -0.4 is 14.2 Å². The summed E-state index contributed by atoms with van der Waals surface area (Å²) in [7, 11) is 6.74. The Bertz CT molecular complexity index is 1030. The molecule has 9 heteroatoms. The first-order valence-corrected chi connectivity index (χ1v) is 10.6. The number of allylic oxidation sites excluding steroid dienone is 1. The minimum Gasteiger partial charge on any atom is -0.497 e. The second-order valence-corrected chi connectivity index (χ2v) is 8.21. The molecule has 32 heavy (non-hydrogen) atoms. The number of hydrogen-bond acceptors (Lipinski definition) is 9. The number of aliphatic hydroxyl groups is 1. The number of benzene rings is 1. The van der Waals surface area contributed by atoms with Crippen molar-refractivity contribution in [1.82, 2.24) is 4.90 Å². The number of rotatable bonds is 5. The van der Waals surface area contributed by atoms with Gasteiger partial charge in [0.25, 0.3) is 0 Å². The molecule has 1 aliphatic carbocycles. The molecule has 9 nitrogen and oxygen atoms in total. The average molecular weight is 445 g/mol. The Morgan fingerprint density at radius 3 is 2.53 bits per heavy atom. The van der Waals surface area contributed by atoms with Gasteiger partial charge in [-0.1, -0.05) is 0 Å². The average Bonchev–Trinajstić information content (AvgIpc) is 3.41. The van der Waals surface area contributed by atoms with Crippen LogP contribution in [0, 0.1) is 0 Å². The van der Waals surface area contributed by atoms with Crippen molar-refractivity contribution in [3.8, 4) is 17.2 Å². The molecule has 3 heterocycles. The summed E-state index contributed by atoms with van der Waals surface area (Å²) in [5.41, 5.74) is 3.77. The van der Waals surface area contributed by atoms with Gasteiger partial charge in [0.2, 0.25) is 12.5 Å². The zero-order valence-corrected chi connectivity index (χ0v) is 18.6. The third kappa shape index (κ3) is 2.84.